The van der Waals surface area contributed by atoms with Crippen molar-refractivity contribution in [1.29, 1.82) is 0 Å². The molecule has 2 aromatic rings. The van der Waals surface area contributed by atoms with Crippen molar-refractivity contribution in [1.82, 2.24) is 10.1 Å². The number of aromatic nitrogens is 2. The third-order valence-corrected chi connectivity index (χ3v) is 4.16. The monoisotopic (exact) mass is 371 g/mol. The van der Waals surface area contributed by atoms with E-state index in [4.69, 9.17) is 4.52 Å². The Kier molecular flexibility index (Phi) is 3.58. The lowest BCUT2D eigenvalue weighted by atomic mass is 10.1. The van der Waals surface area contributed by atoms with Crippen LogP contribution in [0.5, 0.6) is 5.75 Å². The van der Waals surface area contributed by atoms with E-state index in [1.807, 2.05) is 12.1 Å². The second-order valence-corrected chi connectivity index (χ2v) is 5.78. The number of aromatic hydroxyl groups is 1. The van der Waals surface area contributed by atoms with E-state index >= 15 is 0 Å². The average Bonchev–Trinajstić information content (AvgIpc) is 2.93. The van der Waals surface area contributed by atoms with E-state index in [-0.39, 0.29) is 5.75 Å². The summed E-state index contributed by atoms with van der Waals surface area (Å²) in [5.41, 5.74) is 0.744. The zero-order chi connectivity index (χ0) is 13.2. The van der Waals surface area contributed by atoms with Crippen LogP contribution in [0.25, 0.3) is 11.5 Å². The first-order valence-corrected chi connectivity index (χ1v) is 7.39. The maximum atomic E-state index is 9.71. The van der Waals surface area contributed by atoms with Gasteiger partial charge in [0.25, 0.3) is 11.8 Å². The van der Waals surface area contributed by atoms with Gasteiger partial charge in [-0.15, -0.1) is 0 Å². The molecule has 0 radical (unpaired) electrons. The van der Waals surface area contributed by atoms with Gasteiger partial charge in [0.2, 0.25) is 0 Å². The summed E-state index contributed by atoms with van der Waals surface area (Å²) >= 11 is 2.08. The van der Waals surface area contributed by atoms with Crippen molar-refractivity contribution in [3.8, 4) is 17.2 Å². The van der Waals surface area contributed by atoms with Crippen LogP contribution in [0.15, 0.2) is 22.7 Å². The Morgan fingerprint density at radius 2 is 2.00 bits per heavy atom. The van der Waals surface area contributed by atoms with Gasteiger partial charge in [-0.05, 0) is 65.2 Å². The first-order chi connectivity index (χ1) is 9.24. The van der Waals surface area contributed by atoms with Crippen molar-refractivity contribution in [3.63, 3.8) is 0 Å². The zero-order valence-corrected chi connectivity index (χ0v) is 12.5. The maximum absolute atomic E-state index is 9.71. The van der Waals surface area contributed by atoms with Crippen molar-refractivity contribution in [2.45, 2.75) is 19.3 Å². The first-order valence-electron chi connectivity index (χ1n) is 6.31. The highest BCUT2D eigenvalue weighted by molar-refractivity contribution is 14.1. The molecule has 1 aliphatic rings. The number of phenolic OH excluding ortho intramolecular Hbond substituents is 1. The lowest BCUT2D eigenvalue weighted by Crippen LogP contribution is -2.30. The second kappa shape index (κ2) is 5.36. The van der Waals surface area contributed by atoms with Crippen LogP contribution in [0.4, 0.5) is 5.95 Å². The Balaban J connectivity index is 1.85. The molecule has 3 rings (SSSR count). The molecule has 0 atom stereocenters. The van der Waals surface area contributed by atoms with Gasteiger partial charge >= 0.3 is 0 Å². The quantitative estimate of drug-likeness (QED) is 0.823. The molecule has 6 heteroatoms. The Labute approximate surface area is 124 Å². The molecule has 19 heavy (non-hydrogen) atoms. The highest BCUT2D eigenvalue weighted by Gasteiger charge is 2.17. The minimum Gasteiger partial charge on any atom is -0.507 e. The summed E-state index contributed by atoms with van der Waals surface area (Å²) in [4.78, 5) is 6.55. The predicted octanol–water partition coefficient (Wildman–Crippen LogP) is 3.04. The van der Waals surface area contributed by atoms with Crippen molar-refractivity contribution < 1.29 is 9.63 Å². The smallest absolute Gasteiger partial charge is 0.266 e. The Hall–Kier alpha value is -1.31. The summed E-state index contributed by atoms with van der Waals surface area (Å²) < 4.78 is 6.09. The third-order valence-electron chi connectivity index (χ3n) is 3.25. The van der Waals surface area contributed by atoms with Gasteiger partial charge in [-0.25, -0.2) is 0 Å². The van der Waals surface area contributed by atoms with Crippen molar-refractivity contribution >= 4 is 28.5 Å². The zero-order valence-electron chi connectivity index (χ0n) is 10.3. The molecule has 1 aromatic heterocycles. The number of nitrogens with zero attached hydrogens (tertiary/aromatic N) is 3. The number of anilines is 1. The van der Waals surface area contributed by atoms with Crippen LogP contribution in [-0.4, -0.2) is 28.3 Å². The molecule has 1 aliphatic heterocycles. The molecular formula is C13H14IN3O2. The van der Waals surface area contributed by atoms with E-state index in [0.717, 1.165) is 22.2 Å². The molecule has 1 aromatic carbocycles. The van der Waals surface area contributed by atoms with Crippen molar-refractivity contribution in [3.05, 3.63) is 21.8 Å². The number of piperidine rings is 1. The maximum Gasteiger partial charge on any atom is 0.266 e. The van der Waals surface area contributed by atoms with Gasteiger partial charge in [0, 0.05) is 18.7 Å². The van der Waals surface area contributed by atoms with Gasteiger partial charge in [-0.2, -0.15) is 4.98 Å². The molecule has 0 bridgehead atoms. The van der Waals surface area contributed by atoms with Crippen LogP contribution in [0.3, 0.4) is 0 Å². The van der Waals surface area contributed by atoms with Gasteiger partial charge in [0.15, 0.2) is 0 Å². The molecule has 100 valence electrons. The van der Waals surface area contributed by atoms with Crippen LogP contribution in [0.1, 0.15) is 19.3 Å². The van der Waals surface area contributed by atoms with Gasteiger partial charge in [0.1, 0.15) is 5.75 Å². The standard InChI is InChI=1S/C13H14IN3O2/c14-10-5-4-9(8-11(10)18)12-15-13(16-19-12)17-6-2-1-3-7-17/h4-5,8,18H,1-3,6-7H2. The SMILES string of the molecule is Oc1cc(-c2nc(N3CCCCC3)no2)ccc1I. The van der Waals surface area contributed by atoms with Gasteiger partial charge in [-0.3, -0.25) is 0 Å². The Morgan fingerprint density at radius 1 is 1.21 bits per heavy atom. The summed E-state index contributed by atoms with van der Waals surface area (Å²) in [6.45, 7) is 1.97. The Morgan fingerprint density at radius 3 is 2.74 bits per heavy atom. The van der Waals surface area contributed by atoms with Crippen LogP contribution in [0, 0.1) is 3.57 Å². The van der Waals surface area contributed by atoms with Crippen molar-refractivity contribution in [2.24, 2.45) is 0 Å². The fourth-order valence-corrected chi connectivity index (χ4v) is 2.54. The van der Waals surface area contributed by atoms with E-state index < -0.39 is 0 Å². The molecule has 5 nitrogen and oxygen atoms in total. The van der Waals surface area contributed by atoms with E-state index in [1.54, 1.807) is 6.07 Å². The summed E-state index contributed by atoms with van der Waals surface area (Å²) in [5, 5.41) is 13.7. The molecule has 0 saturated carbocycles. The van der Waals surface area contributed by atoms with Crippen LogP contribution in [0.2, 0.25) is 0 Å². The van der Waals surface area contributed by atoms with Gasteiger partial charge in [-0.1, -0.05) is 0 Å². The summed E-state index contributed by atoms with van der Waals surface area (Å²) in [7, 11) is 0. The summed E-state index contributed by atoms with van der Waals surface area (Å²) in [6, 6.07) is 5.35. The molecule has 1 saturated heterocycles. The van der Waals surface area contributed by atoms with Gasteiger partial charge in [0.05, 0.1) is 3.57 Å². The number of rotatable bonds is 2. The first kappa shape index (κ1) is 12.7. The molecule has 0 spiro atoms. The normalized spacial score (nSPS) is 15.7. The number of phenols is 1. The molecule has 0 unspecified atom stereocenters. The predicted molar refractivity (Wildman–Crippen MR) is 80.2 cm³/mol. The molecule has 0 aliphatic carbocycles. The fraction of sp³-hybridized carbons (Fsp3) is 0.385. The second-order valence-electron chi connectivity index (χ2n) is 4.61. The molecular weight excluding hydrogens is 357 g/mol. The largest absolute Gasteiger partial charge is 0.507 e. The molecule has 1 fully saturated rings. The van der Waals surface area contributed by atoms with Crippen LogP contribution >= 0.6 is 22.6 Å². The van der Waals surface area contributed by atoms with E-state index in [9.17, 15) is 5.11 Å². The Bertz CT molecular complexity index is 579. The third kappa shape index (κ3) is 2.68. The molecule has 2 heterocycles. The van der Waals surface area contributed by atoms with Crippen LogP contribution < -0.4 is 4.90 Å². The average molecular weight is 371 g/mol. The summed E-state index contributed by atoms with van der Waals surface area (Å²) in [5.74, 6) is 1.33. The fourth-order valence-electron chi connectivity index (χ4n) is 2.20. The number of benzene rings is 1. The minimum atomic E-state index is 0.232. The van der Waals surface area contributed by atoms with Crippen molar-refractivity contribution in [2.75, 3.05) is 18.0 Å². The highest BCUT2D eigenvalue weighted by atomic mass is 127. The van der Waals surface area contributed by atoms with Gasteiger partial charge < -0.3 is 14.5 Å². The lowest BCUT2D eigenvalue weighted by Gasteiger charge is -2.24. The minimum absolute atomic E-state index is 0.232. The number of hydrogen-bond donors (Lipinski definition) is 1. The molecule has 0 amide bonds. The topological polar surface area (TPSA) is 62.4 Å². The summed E-state index contributed by atoms with van der Waals surface area (Å²) in [6.07, 6.45) is 3.62. The van der Waals surface area contributed by atoms with E-state index in [0.29, 0.717) is 11.8 Å². The number of halogens is 1. The number of hydrogen-bond acceptors (Lipinski definition) is 5. The molecule has 1 N–H and O–H groups in total. The van der Waals surface area contributed by atoms with E-state index in [2.05, 4.69) is 37.6 Å². The highest BCUT2D eigenvalue weighted by Crippen LogP contribution is 2.27. The van der Waals surface area contributed by atoms with Crippen LogP contribution in [-0.2, 0) is 0 Å². The van der Waals surface area contributed by atoms with E-state index in [1.165, 1.54) is 19.3 Å². The lowest BCUT2D eigenvalue weighted by molar-refractivity contribution is 0.425.